The Morgan fingerprint density at radius 1 is 1.15 bits per heavy atom. The van der Waals surface area contributed by atoms with E-state index in [1.165, 1.54) is 0 Å². The third-order valence-corrected chi connectivity index (χ3v) is 3.39. The molecule has 2 rings (SSSR count). The molecule has 1 unspecified atom stereocenters. The summed E-state index contributed by atoms with van der Waals surface area (Å²) >= 11 is 0. The van der Waals surface area contributed by atoms with Crippen LogP contribution in [0, 0.1) is 6.92 Å². The molecule has 0 radical (unpaired) electrons. The van der Waals surface area contributed by atoms with Gasteiger partial charge in [-0.2, -0.15) is 0 Å². The summed E-state index contributed by atoms with van der Waals surface area (Å²) in [7, 11) is 3.60. The molecule has 106 valence electrons. The van der Waals surface area contributed by atoms with Crippen LogP contribution >= 0.6 is 0 Å². The Balaban J connectivity index is 2.16. The molecular weight excluding hydrogens is 250 g/mol. The van der Waals surface area contributed by atoms with E-state index >= 15 is 0 Å². The lowest BCUT2D eigenvalue weighted by Crippen LogP contribution is -2.24. The van der Waals surface area contributed by atoms with Crippen molar-refractivity contribution in [2.75, 3.05) is 25.6 Å². The zero-order chi connectivity index (χ0) is 14.5. The van der Waals surface area contributed by atoms with E-state index in [1.54, 1.807) is 7.11 Å². The van der Waals surface area contributed by atoms with Gasteiger partial charge in [0.2, 0.25) is 0 Å². The monoisotopic (exact) mass is 271 g/mol. The highest BCUT2D eigenvalue weighted by molar-refractivity contribution is 5.46. The van der Waals surface area contributed by atoms with Crippen LogP contribution in [-0.4, -0.2) is 25.8 Å². The van der Waals surface area contributed by atoms with Gasteiger partial charge in [0.1, 0.15) is 5.75 Å². The lowest BCUT2D eigenvalue weighted by Gasteiger charge is -2.24. The second kappa shape index (κ2) is 6.44. The molecule has 0 amide bonds. The Labute approximate surface area is 120 Å². The highest BCUT2D eigenvalue weighted by Crippen LogP contribution is 2.27. The van der Waals surface area contributed by atoms with Crippen LogP contribution < -0.4 is 9.64 Å². The van der Waals surface area contributed by atoms with Crippen LogP contribution in [0.1, 0.15) is 17.2 Å². The van der Waals surface area contributed by atoms with Crippen LogP contribution in [0.15, 0.2) is 48.5 Å². The minimum absolute atomic E-state index is 0.518. The fourth-order valence-corrected chi connectivity index (χ4v) is 2.26. The first-order chi connectivity index (χ1) is 9.61. The summed E-state index contributed by atoms with van der Waals surface area (Å²) in [6.07, 6.45) is -0.588. The van der Waals surface area contributed by atoms with E-state index in [2.05, 4.69) is 0 Å². The quantitative estimate of drug-likeness (QED) is 0.906. The van der Waals surface area contributed by atoms with Crippen LogP contribution in [0.5, 0.6) is 5.75 Å². The van der Waals surface area contributed by atoms with Gasteiger partial charge in [0.05, 0.1) is 13.2 Å². The van der Waals surface area contributed by atoms with Crippen LogP contribution in [0.25, 0.3) is 0 Å². The molecular formula is C17H21NO2. The predicted molar refractivity (Wildman–Crippen MR) is 82.4 cm³/mol. The molecule has 3 heteroatoms. The zero-order valence-electron chi connectivity index (χ0n) is 12.2. The smallest absolute Gasteiger partial charge is 0.124 e. The molecule has 2 aromatic carbocycles. The van der Waals surface area contributed by atoms with Gasteiger partial charge in [-0.1, -0.05) is 29.8 Å². The fraction of sp³-hybridized carbons (Fsp3) is 0.294. The molecule has 1 N–H and O–H groups in total. The van der Waals surface area contributed by atoms with Crippen LogP contribution in [0.2, 0.25) is 0 Å². The minimum atomic E-state index is -0.588. The molecule has 0 saturated carbocycles. The van der Waals surface area contributed by atoms with Crippen molar-refractivity contribution in [2.24, 2.45) is 0 Å². The summed E-state index contributed by atoms with van der Waals surface area (Å²) in [5.41, 5.74) is 3.02. The molecule has 0 spiro atoms. The van der Waals surface area contributed by atoms with Gasteiger partial charge in [0.25, 0.3) is 0 Å². The van der Waals surface area contributed by atoms with Crippen molar-refractivity contribution < 1.29 is 9.84 Å². The van der Waals surface area contributed by atoms with E-state index < -0.39 is 6.10 Å². The average Bonchev–Trinajstić information content (AvgIpc) is 2.48. The molecule has 0 aliphatic rings. The molecule has 20 heavy (non-hydrogen) atoms. The second-order valence-electron chi connectivity index (χ2n) is 4.98. The maximum absolute atomic E-state index is 10.5. The molecule has 2 aromatic rings. The zero-order valence-corrected chi connectivity index (χ0v) is 12.2. The summed E-state index contributed by atoms with van der Waals surface area (Å²) in [4.78, 5) is 2.03. The van der Waals surface area contributed by atoms with Gasteiger partial charge >= 0.3 is 0 Å². The van der Waals surface area contributed by atoms with Crippen LogP contribution in [0.4, 0.5) is 5.69 Å². The number of hydrogen-bond donors (Lipinski definition) is 1. The summed E-state index contributed by atoms with van der Waals surface area (Å²) in [5.74, 6) is 0.726. The lowest BCUT2D eigenvalue weighted by atomic mass is 10.0. The summed E-state index contributed by atoms with van der Waals surface area (Å²) in [5, 5.41) is 10.5. The van der Waals surface area contributed by atoms with Crippen molar-refractivity contribution >= 4 is 5.69 Å². The lowest BCUT2D eigenvalue weighted by molar-refractivity contribution is 0.180. The number of aliphatic hydroxyl groups excluding tert-OH is 1. The number of aliphatic hydroxyl groups is 1. The maximum Gasteiger partial charge on any atom is 0.124 e. The van der Waals surface area contributed by atoms with Crippen molar-refractivity contribution in [1.82, 2.24) is 0 Å². The van der Waals surface area contributed by atoms with E-state index in [9.17, 15) is 5.11 Å². The SMILES string of the molecule is COc1ccc(C)cc1C(O)CN(C)c1ccccc1. The third-order valence-electron chi connectivity index (χ3n) is 3.39. The van der Waals surface area contributed by atoms with Crippen molar-refractivity contribution in [1.29, 1.82) is 0 Å². The van der Waals surface area contributed by atoms with Crippen molar-refractivity contribution in [3.63, 3.8) is 0 Å². The van der Waals surface area contributed by atoms with Gasteiger partial charge in [-0.15, -0.1) is 0 Å². The number of hydrogen-bond acceptors (Lipinski definition) is 3. The van der Waals surface area contributed by atoms with Crippen molar-refractivity contribution in [2.45, 2.75) is 13.0 Å². The second-order valence-corrected chi connectivity index (χ2v) is 4.98. The first-order valence-corrected chi connectivity index (χ1v) is 6.70. The number of para-hydroxylation sites is 1. The van der Waals surface area contributed by atoms with E-state index in [4.69, 9.17) is 4.74 Å². The number of anilines is 1. The minimum Gasteiger partial charge on any atom is -0.496 e. The summed E-state index contributed by atoms with van der Waals surface area (Å²) in [6.45, 7) is 2.53. The standard InChI is InChI=1S/C17H21NO2/c1-13-9-10-17(20-3)15(11-13)16(19)12-18(2)14-7-5-4-6-8-14/h4-11,16,19H,12H2,1-3H3. The largest absolute Gasteiger partial charge is 0.496 e. The van der Waals surface area contributed by atoms with Crippen molar-refractivity contribution in [3.05, 3.63) is 59.7 Å². The van der Waals surface area contributed by atoms with E-state index in [0.717, 1.165) is 22.6 Å². The summed E-state index contributed by atoms with van der Waals surface area (Å²) < 4.78 is 5.33. The maximum atomic E-state index is 10.5. The summed E-state index contributed by atoms with van der Waals surface area (Å²) in [6, 6.07) is 15.9. The molecule has 1 atom stereocenters. The molecule has 0 aromatic heterocycles. The molecule has 0 aliphatic heterocycles. The van der Waals surface area contributed by atoms with Gasteiger partial charge in [0, 0.05) is 24.8 Å². The third kappa shape index (κ3) is 3.31. The number of methoxy groups -OCH3 is 1. The van der Waals surface area contributed by atoms with Crippen LogP contribution in [-0.2, 0) is 0 Å². The highest BCUT2D eigenvalue weighted by Gasteiger charge is 2.15. The molecule has 0 fully saturated rings. The number of ether oxygens (including phenoxy) is 1. The van der Waals surface area contributed by atoms with Gasteiger partial charge in [0.15, 0.2) is 0 Å². The van der Waals surface area contributed by atoms with E-state index in [1.807, 2.05) is 67.4 Å². The van der Waals surface area contributed by atoms with Crippen molar-refractivity contribution in [3.8, 4) is 5.75 Å². The number of likely N-dealkylation sites (N-methyl/N-ethyl adjacent to an activating group) is 1. The number of nitrogens with zero attached hydrogens (tertiary/aromatic N) is 1. The fourth-order valence-electron chi connectivity index (χ4n) is 2.26. The topological polar surface area (TPSA) is 32.7 Å². The van der Waals surface area contributed by atoms with Gasteiger partial charge in [-0.3, -0.25) is 0 Å². The Morgan fingerprint density at radius 3 is 2.50 bits per heavy atom. The number of aryl methyl sites for hydroxylation is 1. The normalized spacial score (nSPS) is 12.0. The molecule has 3 nitrogen and oxygen atoms in total. The Bertz CT molecular complexity index is 554. The van der Waals surface area contributed by atoms with E-state index in [-0.39, 0.29) is 0 Å². The molecule has 0 heterocycles. The highest BCUT2D eigenvalue weighted by atomic mass is 16.5. The first kappa shape index (κ1) is 14.4. The van der Waals surface area contributed by atoms with Crippen LogP contribution in [0.3, 0.4) is 0 Å². The first-order valence-electron chi connectivity index (χ1n) is 6.70. The molecule has 0 bridgehead atoms. The van der Waals surface area contributed by atoms with Gasteiger partial charge in [-0.05, 0) is 31.2 Å². The van der Waals surface area contributed by atoms with Gasteiger partial charge < -0.3 is 14.7 Å². The Hall–Kier alpha value is -2.00. The number of rotatable bonds is 5. The Morgan fingerprint density at radius 2 is 1.85 bits per heavy atom. The molecule has 0 aliphatic carbocycles. The van der Waals surface area contributed by atoms with E-state index in [0.29, 0.717) is 6.54 Å². The number of benzene rings is 2. The average molecular weight is 271 g/mol. The molecule has 0 saturated heterocycles. The predicted octanol–water partition coefficient (Wildman–Crippen LogP) is 3.17. The Kier molecular flexibility index (Phi) is 4.64. The van der Waals surface area contributed by atoms with Gasteiger partial charge in [-0.25, -0.2) is 0 Å².